The number of amides is 4. The van der Waals surface area contributed by atoms with Crippen LogP contribution in [-0.4, -0.2) is 150 Å². The Morgan fingerprint density at radius 3 is 1.41 bits per heavy atom. The topological polar surface area (TPSA) is 275 Å². The molecule has 2 aliphatic heterocycles. The quantitative estimate of drug-likeness (QED) is 0.0644. The van der Waals surface area contributed by atoms with Gasteiger partial charge in [-0.05, 0) is 96.5 Å². The lowest BCUT2D eigenvalue weighted by Gasteiger charge is -2.38. The average molecular weight is 965 g/mol. The number of aromatic nitrogens is 8. The summed E-state index contributed by atoms with van der Waals surface area (Å²) in [5.41, 5.74) is 10.1. The zero-order chi connectivity index (χ0) is 50.3. The van der Waals surface area contributed by atoms with Gasteiger partial charge < -0.3 is 50.8 Å². The van der Waals surface area contributed by atoms with Gasteiger partial charge in [-0.3, -0.25) is 19.2 Å². The fourth-order valence-corrected chi connectivity index (χ4v) is 8.11. The van der Waals surface area contributed by atoms with Gasteiger partial charge in [-0.25, -0.2) is 0 Å². The Hall–Kier alpha value is -6.98. The van der Waals surface area contributed by atoms with E-state index in [0.29, 0.717) is 37.4 Å². The highest BCUT2D eigenvalue weighted by Gasteiger charge is 2.44. The van der Waals surface area contributed by atoms with Gasteiger partial charge in [-0.1, -0.05) is 86.1 Å². The SMILES string of the molecule is CC(N)C(=O)N[C@H](C(=O)N1CCC[C@H]1Cn1nnnc1Oc1ccccc1)C(C)(C)COCC#CC#CCOCC(C)(C)[C@H](NC(=O)C(C)N)C(=O)N1CCC[C@H]1Cn1nnnc1Oc1ccccc1. The fourth-order valence-electron chi connectivity index (χ4n) is 8.11. The summed E-state index contributed by atoms with van der Waals surface area (Å²) < 4.78 is 26.7. The summed E-state index contributed by atoms with van der Waals surface area (Å²) in [6.07, 6.45) is 2.90. The molecule has 2 aliphatic rings. The predicted molar refractivity (Wildman–Crippen MR) is 254 cm³/mol. The number of benzene rings is 2. The number of nitrogens with one attached hydrogen (secondary N) is 2. The van der Waals surface area contributed by atoms with Crippen molar-refractivity contribution in [3.63, 3.8) is 0 Å². The smallest absolute Gasteiger partial charge is 0.341 e. The molecule has 4 heterocycles. The second kappa shape index (κ2) is 24.5. The Labute approximate surface area is 407 Å². The Kier molecular flexibility index (Phi) is 18.4. The van der Waals surface area contributed by atoms with E-state index in [9.17, 15) is 19.2 Å². The van der Waals surface area contributed by atoms with Crippen molar-refractivity contribution >= 4 is 23.6 Å². The molecule has 2 unspecified atom stereocenters. The van der Waals surface area contributed by atoms with Crippen LogP contribution in [0.3, 0.4) is 0 Å². The summed E-state index contributed by atoms with van der Waals surface area (Å²) in [5.74, 6) is 10.9. The lowest BCUT2D eigenvalue weighted by molar-refractivity contribution is -0.142. The molecule has 0 aliphatic carbocycles. The first-order chi connectivity index (χ1) is 33.5. The summed E-state index contributed by atoms with van der Waals surface area (Å²) in [7, 11) is 0. The molecule has 22 heteroatoms. The van der Waals surface area contributed by atoms with E-state index in [1.54, 1.807) is 47.9 Å². The molecule has 2 aromatic carbocycles. The number of tetrazole rings is 2. The third-order valence-electron chi connectivity index (χ3n) is 12.0. The molecule has 2 fully saturated rings. The third kappa shape index (κ3) is 14.3. The van der Waals surface area contributed by atoms with E-state index in [0.717, 1.165) is 12.8 Å². The van der Waals surface area contributed by atoms with Crippen LogP contribution in [0.2, 0.25) is 0 Å². The minimum atomic E-state index is -0.973. The van der Waals surface area contributed by atoms with Crippen molar-refractivity contribution in [2.24, 2.45) is 22.3 Å². The van der Waals surface area contributed by atoms with Crippen LogP contribution in [0.25, 0.3) is 0 Å². The highest BCUT2D eigenvalue weighted by atomic mass is 16.5. The number of ether oxygens (including phenoxy) is 4. The molecule has 70 heavy (non-hydrogen) atoms. The number of nitrogens with zero attached hydrogens (tertiary/aromatic N) is 10. The lowest BCUT2D eigenvalue weighted by atomic mass is 9.83. The molecule has 6 atom stereocenters. The molecule has 6 N–H and O–H groups in total. The Balaban J connectivity index is 1.01. The number of hydrogen-bond donors (Lipinski definition) is 4. The molecule has 0 spiro atoms. The van der Waals surface area contributed by atoms with Gasteiger partial charge in [0.15, 0.2) is 0 Å². The van der Waals surface area contributed by atoms with Crippen molar-refractivity contribution in [1.82, 2.24) is 60.8 Å². The number of nitrogens with two attached hydrogens (primary N) is 2. The van der Waals surface area contributed by atoms with E-state index in [1.165, 1.54) is 9.36 Å². The number of likely N-dealkylation sites (tertiary alicyclic amines) is 2. The van der Waals surface area contributed by atoms with Crippen LogP contribution in [0.4, 0.5) is 0 Å². The van der Waals surface area contributed by atoms with Gasteiger partial charge in [-0.2, -0.15) is 9.36 Å². The van der Waals surface area contributed by atoms with Gasteiger partial charge in [-0.15, -0.1) is 0 Å². The molecule has 0 radical (unpaired) electrons. The zero-order valence-corrected chi connectivity index (χ0v) is 40.6. The van der Waals surface area contributed by atoms with Gasteiger partial charge in [0.1, 0.15) is 36.8 Å². The van der Waals surface area contributed by atoms with Crippen molar-refractivity contribution in [3.05, 3.63) is 60.7 Å². The molecule has 374 valence electrons. The Morgan fingerprint density at radius 2 is 1.04 bits per heavy atom. The Morgan fingerprint density at radius 1 is 0.657 bits per heavy atom. The van der Waals surface area contributed by atoms with E-state index in [2.05, 4.69) is 65.4 Å². The second-order valence-corrected chi connectivity index (χ2v) is 18.8. The summed E-state index contributed by atoms with van der Waals surface area (Å²) in [6, 6.07) is 14.5. The summed E-state index contributed by atoms with van der Waals surface area (Å²) in [4.78, 5) is 58.1. The van der Waals surface area contributed by atoms with Gasteiger partial charge in [0, 0.05) is 23.9 Å². The number of para-hydroxylation sites is 2. The first-order valence-electron chi connectivity index (χ1n) is 23.4. The highest BCUT2D eigenvalue weighted by Crippen LogP contribution is 2.30. The number of carbonyl (C=O) groups excluding carboxylic acids is 4. The van der Waals surface area contributed by atoms with Gasteiger partial charge in [0.25, 0.3) is 0 Å². The first kappa shape index (κ1) is 52.4. The maximum Gasteiger partial charge on any atom is 0.341 e. The molecule has 6 rings (SSSR count). The number of rotatable bonds is 22. The molecule has 4 aromatic rings. The van der Waals surface area contributed by atoms with Crippen molar-refractivity contribution in [2.45, 2.75) is 117 Å². The van der Waals surface area contributed by atoms with Gasteiger partial charge >= 0.3 is 12.0 Å². The maximum atomic E-state index is 14.3. The standard InChI is InChI=1S/C48H64N14O8/c1-33(49)41(63)51-39(43(65)59-25-17-19-35(59)29-61-45(53-55-57-61)69-37-21-11-9-12-22-37)47(3,4)31-67-27-15-7-8-16-28-68-32-48(5,6)40(52-42(64)34(2)50)44(66)60-26-18-20-36(60)30-62-46(54-56-58-62)70-38-23-13-10-14-24-38/h9-14,21-24,33-36,39-40H,17-20,25-32,49-50H2,1-6H3,(H,51,63)(H,52,64)/t33?,34?,35-,36-,39+,40+/m0/s1. The van der Waals surface area contributed by atoms with Gasteiger partial charge in [0.05, 0.1) is 50.5 Å². The molecular weight excluding hydrogens is 901 g/mol. The third-order valence-corrected chi connectivity index (χ3v) is 12.0. The number of carbonyl (C=O) groups is 4. The monoisotopic (exact) mass is 965 g/mol. The highest BCUT2D eigenvalue weighted by molar-refractivity contribution is 5.91. The van der Waals surface area contributed by atoms with Crippen LogP contribution in [0.1, 0.15) is 67.2 Å². The van der Waals surface area contributed by atoms with E-state index in [-0.39, 0.29) is 75.4 Å². The van der Waals surface area contributed by atoms with Gasteiger partial charge in [0.2, 0.25) is 23.6 Å². The maximum absolute atomic E-state index is 14.3. The predicted octanol–water partition coefficient (Wildman–Crippen LogP) is 1.68. The van der Waals surface area contributed by atoms with Crippen molar-refractivity contribution in [3.8, 4) is 47.2 Å². The van der Waals surface area contributed by atoms with Crippen molar-refractivity contribution < 1.29 is 38.1 Å². The van der Waals surface area contributed by atoms with E-state index in [1.807, 2.05) is 64.1 Å². The molecule has 22 nitrogen and oxygen atoms in total. The van der Waals surface area contributed by atoms with Crippen LogP contribution < -0.4 is 31.6 Å². The average Bonchev–Trinajstić information content (AvgIpc) is 4.18. The van der Waals surface area contributed by atoms with Crippen LogP contribution in [-0.2, 0) is 41.7 Å². The molecule has 2 aromatic heterocycles. The number of hydrogen-bond acceptors (Lipinski definition) is 16. The second-order valence-electron chi connectivity index (χ2n) is 18.8. The lowest BCUT2D eigenvalue weighted by Crippen LogP contribution is -2.59. The van der Waals surface area contributed by atoms with E-state index < -0.39 is 46.8 Å². The van der Waals surface area contributed by atoms with Crippen molar-refractivity contribution in [2.75, 3.05) is 39.5 Å². The van der Waals surface area contributed by atoms with Crippen molar-refractivity contribution in [1.29, 1.82) is 0 Å². The van der Waals surface area contributed by atoms with Crippen LogP contribution in [0, 0.1) is 34.5 Å². The van der Waals surface area contributed by atoms with E-state index in [4.69, 9.17) is 30.4 Å². The summed E-state index contributed by atoms with van der Waals surface area (Å²) in [6.45, 7) is 12.1. The molecule has 0 bridgehead atoms. The molecule has 0 saturated carbocycles. The summed E-state index contributed by atoms with van der Waals surface area (Å²) in [5, 5.41) is 29.6. The summed E-state index contributed by atoms with van der Waals surface area (Å²) >= 11 is 0. The normalized spacial score (nSPS) is 17.5. The Bertz CT molecular complexity index is 2320. The van der Waals surface area contributed by atoms with E-state index >= 15 is 0 Å². The largest absolute Gasteiger partial charge is 0.423 e. The molecule has 2 saturated heterocycles. The molecular formula is C48H64N14O8. The minimum absolute atomic E-state index is 0.000685. The molecule has 4 amide bonds. The minimum Gasteiger partial charge on any atom is -0.423 e. The zero-order valence-electron chi connectivity index (χ0n) is 40.6. The van der Waals surface area contributed by atoms with Crippen LogP contribution in [0.15, 0.2) is 60.7 Å². The van der Waals surface area contributed by atoms with Crippen LogP contribution in [0.5, 0.6) is 23.5 Å². The fraction of sp³-hybridized carbons (Fsp3) is 0.542. The first-order valence-corrected chi connectivity index (χ1v) is 23.4. The van der Waals surface area contributed by atoms with Crippen LogP contribution >= 0.6 is 0 Å².